The molecule has 8 heteroatoms. The standard InChI is InChI=1S/C18H21N5OS2/c1-22(16(25)14-9-5-3-6-10-14)20-13-19-18(24)21-23(2)17(26)15-11-7-4-8-12-15/h3-12,20H,13H2,1-2H3,(H2,19,21,24). The number of carbonyl (C=O) groups is 1. The first-order valence-electron chi connectivity index (χ1n) is 7.93. The van der Waals surface area contributed by atoms with Gasteiger partial charge in [-0.25, -0.2) is 15.6 Å². The summed E-state index contributed by atoms with van der Waals surface area (Å²) in [5, 5.41) is 5.88. The van der Waals surface area contributed by atoms with Gasteiger partial charge in [-0.15, -0.1) is 0 Å². The molecule has 0 bridgehead atoms. The number of hydrazine groups is 2. The van der Waals surface area contributed by atoms with Crippen molar-refractivity contribution in [3.05, 3.63) is 71.8 Å². The van der Waals surface area contributed by atoms with Crippen molar-refractivity contribution in [2.75, 3.05) is 20.8 Å². The van der Waals surface area contributed by atoms with Crippen LogP contribution in [0.15, 0.2) is 60.7 Å². The number of thiocarbonyl (C=S) groups is 2. The predicted octanol–water partition coefficient (Wildman–Crippen LogP) is 2.28. The van der Waals surface area contributed by atoms with Crippen LogP contribution in [0.1, 0.15) is 11.1 Å². The third-order valence-corrected chi connectivity index (χ3v) is 4.50. The first kappa shape index (κ1) is 19.8. The van der Waals surface area contributed by atoms with Gasteiger partial charge in [0.25, 0.3) is 0 Å². The van der Waals surface area contributed by atoms with Gasteiger partial charge in [0.05, 0.1) is 6.67 Å². The van der Waals surface area contributed by atoms with Crippen LogP contribution < -0.4 is 16.2 Å². The van der Waals surface area contributed by atoms with Gasteiger partial charge in [0, 0.05) is 25.2 Å². The lowest BCUT2D eigenvalue weighted by Gasteiger charge is -2.23. The molecule has 2 amide bonds. The lowest BCUT2D eigenvalue weighted by Crippen LogP contribution is -2.52. The van der Waals surface area contributed by atoms with Crippen LogP contribution in [0.5, 0.6) is 0 Å². The molecule has 0 aromatic heterocycles. The maximum Gasteiger partial charge on any atom is 0.334 e. The topological polar surface area (TPSA) is 59.6 Å². The molecule has 6 nitrogen and oxygen atoms in total. The molecule has 0 spiro atoms. The van der Waals surface area contributed by atoms with Gasteiger partial charge in [0.15, 0.2) is 0 Å². The number of benzene rings is 2. The number of hydrogen-bond donors (Lipinski definition) is 3. The third-order valence-electron chi connectivity index (χ3n) is 3.49. The first-order chi connectivity index (χ1) is 12.5. The van der Waals surface area contributed by atoms with E-state index in [2.05, 4.69) is 16.2 Å². The quantitative estimate of drug-likeness (QED) is 0.416. The average Bonchev–Trinajstić information content (AvgIpc) is 2.68. The van der Waals surface area contributed by atoms with Crippen molar-refractivity contribution in [2.45, 2.75) is 0 Å². The summed E-state index contributed by atoms with van der Waals surface area (Å²) in [5.74, 6) is 0. The molecule has 0 saturated heterocycles. The maximum atomic E-state index is 12.0. The predicted molar refractivity (Wildman–Crippen MR) is 111 cm³/mol. The summed E-state index contributed by atoms with van der Waals surface area (Å²) in [6, 6.07) is 18.7. The van der Waals surface area contributed by atoms with E-state index in [1.807, 2.05) is 60.7 Å². The lowest BCUT2D eigenvalue weighted by molar-refractivity contribution is 0.220. The van der Waals surface area contributed by atoms with Crippen LogP contribution in [0.3, 0.4) is 0 Å². The van der Waals surface area contributed by atoms with Gasteiger partial charge in [-0.3, -0.25) is 10.0 Å². The maximum absolute atomic E-state index is 12.0. The van der Waals surface area contributed by atoms with Gasteiger partial charge in [-0.05, 0) is 0 Å². The Labute approximate surface area is 164 Å². The van der Waals surface area contributed by atoms with Crippen LogP contribution in [-0.2, 0) is 0 Å². The van der Waals surface area contributed by atoms with Gasteiger partial charge in [-0.2, -0.15) is 0 Å². The Morgan fingerprint density at radius 1 is 0.846 bits per heavy atom. The Bertz CT molecular complexity index is 755. The highest BCUT2D eigenvalue weighted by Gasteiger charge is 2.10. The Kier molecular flexibility index (Phi) is 7.46. The minimum absolute atomic E-state index is 0.210. The largest absolute Gasteiger partial charge is 0.334 e. The van der Waals surface area contributed by atoms with Gasteiger partial charge in [0.2, 0.25) is 0 Å². The Morgan fingerprint density at radius 3 is 1.81 bits per heavy atom. The number of hydrogen-bond acceptors (Lipinski definition) is 4. The number of nitrogens with zero attached hydrogens (tertiary/aromatic N) is 2. The summed E-state index contributed by atoms with van der Waals surface area (Å²) >= 11 is 10.7. The molecule has 0 aliphatic carbocycles. The molecule has 0 fully saturated rings. The SMILES string of the molecule is CN(NCNC(=O)NN(C)C(=S)c1ccccc1)C(=S)c1ccccc1. The molecule has 0 atom stereocenters. The molecular formula is C18H21N5OS2. The van der Waals surface area contributed by atoms with Crippen LogP contribution in [-0.4, -0.2) is 46.8 Å². The third kappa shape index (κ3) is 5.76. The van der Waals surface area contributed by atoms with Crippen LogP contribution in [0, 0.1) is 0 Å². The summed E-state index contributed by atoms with van der Waals surface area (Å²) in [6.45, 7) is 0.210. The molecule has 0 unspecified atom stereocenters. The molecule has 136 valence electrons. The van der Waals surface area contributed by atoms with E-state index in [1.165, 1.54) is 5.01 Å². The summed E-state index contributed by atoms with van der Waals surface area (Å²) in [6.07, 6.45) is 0. The van der Waals surface area contributed by atoms with Crippen molar-refractivity contribution in [3.8, 4) is 0 Å². The number of urea groups is 1. The number of nitrogens with one attached hydrogen (secondary N) is 3. The number of rotatable bonds is 5. The molecule has 0 radical (unpaired) electrons. The molecule has 2 rings (SSSR count). The van der Waals surface area contributed by atoms with Gasteiger partial charge in [0.1, 0.15) is 9.98 Å². The number of amides is 2. The van der Waals surface area contributed by atoms with Crippen molar-refractivity contribution < 1.29 is 4.79 Å². The molecule has 3 N–H and O–H groups in total. The normalized spacial score (nSPS) is 9.92. The fourth-order valence-corrected chi connectivity index (χ4v) is 2.48. The lowest BCUT2D eigenvalue weighted by atomic mass is 10.2. The second-order valence-electron chi connectivity index (χ2n) is 5.41. The highest BCUT2D eigenvalue weighted by atomic mass is 32.1. The molecule has 0 aliphatic heterocycles. The average molecular weight is 388 g/mol. The molecule has 0 saturated carbocycles. The van der Waals surface area contributed by atoms with E-state index in [4.69, 9.17) is 24.4 Å². The van der Waals surface area contributed by atoms with Crippen molar-refractivity contribution in [1.82, 2.24) is 26.2 Å². The van der Waals surface area contributed by atoms with E-state index in [9.17, 15) is 4.79 Å². The molecular weight excluding hydrogens is 366 g/mol. The molecule has 0 heterocycles. The van der Waals surface area contributed by atoms with E-state index in [0.717, 1.165) is 11.1 Å². The Morgan fingerprint density at radius 2 is 1.31 bits per heavy atom. The summed E-state index contributed by atoms with van der Waals surface area (Å²) in [5.41, 5.74) is 7.46. The second kappa shape index (κ2) is 9.81. The van der Waals surface area contributed by atoms with E-state index >= 15 is 0 Å². The molecule has 2 aromatic rings. The Balaban J connectivity index is 1.75. The van der Waals surface area contributed by atoms with Crippen molar-refractivity contribution in [3.63, 3.8) is 0 Å². The molecule has 2 aromatic carbocycles. The van der Waals surface area contributed by atoms with E-state index < -0.39 is 0 Å². The van der Waals surface area contributed by atoms with Gasteiger partial charge < -0.3 is 5.32 Å². The fourth-order valence-electron chi connectivity index (χ4n) is 2.10. The highest BCUT2D eigenvalue weighted by molar-refractivity contribution is 7.80. The van der Waals surface area contributed by atoms with E-state index in [1.54, 1.807) is 19.1 Å². The summed E-state index contributed by atoms with van der Waals surface area (Å²) in [4.78, 5) is 13.2. The second-order valence-corrected chi connectivity index (χ2v) is 6.19. The van der Waals surface area contributed by atoms with Crippen molar-refractivity contribution in [2.24, 2.45) is 0 Å². The zero-order valence-electron chi connectivity index (χ0n) is 14.6. The van der Waals surface area contributed by atoms with Gasteiger partial charge >= 0.3 is 6.03 Å². The van der Waals surface area contributed by atoms with E-state index in [0.29, 0.717) is 9.98 Å². The zero-order chi connectivity index (χ0) is 18.9. The van der Waals surface area contributed by atoms with Crippen LogP contribution in [0.2, 0.25) is 0 Å². The fraction of sp³-hybridized carbons (Fsp3) is 0.167. The van der Waals surface area contributed by atoms with Crippen molar-refractivity contribution >= 4 is 40.4 Å². The summed E-state index contributed by atoms with van der Waals surface area (Å²) < 4.78 is 0. The van der Waals surface area contributed by atoms with Crippen LogP contribution in [0.25, 0.3) is 0 Å². The minimum atomic E-state index is -0.377. The zero-order valence-corrected chi connectivity index (χ0v) is 16.2. The Hall–Kier alpha value is -2.55. The molecule has 26 heavy (non-hydrogen) atoms. The number of carbonyl (C=O) groups excluding carboxylic acids is 1. The smallest absolute Gasteiger partial charge is 0.323 e. The monoisotopic (exact) mass is 387 g/mol. The van der Waals surface area contributed by atoms with Crippen molar-refractivity contribution in [1.29, 1.82) is 0 Å². The highest BCUT2D eigenvalue weighted by Crippen LogP contribution is 2.03. The van der Waals surface area contributed by atoms with Crippen LogP contribution >= 0.6 is 24.4 Å². The minimum Gasteiger partial charge on any atom is -0.323 e. The first-order valence-corrected chi connectivity index (χ1v) is 8.75. The van der Waals surface area contributed by atoms with Gasteiger partial charge in [-0.1, -0.05) is 85.1 Å². The molecule has 0 aliphatic rings. The van der Waals surface area contributed by atoms with E-state index in [-0.39, 0.29) is 12.7 Å². The summed E-state index contributed by atoms with van der Waals surface area (Å²) in [7, 11) is 3.49. The van der Waals surface area contributed by atoms with Crippen LogP contribution in [0.4, 0.5) is 4.79 Å².